The number of carbonyl (C=O) groups is 3. The van der Waals surface area contributed by atoms with Gasteiger partial charge in [0.15, 0.2) is 5.13 Å². The van der Waals surface area contributed by atoms with Crippen molar-refractivity contribution in [3.8, 4) is 21.7 Å². The molecule has 3 amide bonds. The van der Waals surface area contributed by atoms with Crippen molar-refractivity contribution in [2.45, 2.75) is 12.8 Å². The van der Waals surface area contributed by atoms with E-state index in [4.69, 9.17) is 0 Å². The van der Waals surface area contributed by atoms with Crippen LogP contribution in [0.25, 0.3) is 21.7 Å². The van der Waals surface area contributed by atoms with Crippen LogP contribution in [0.3, 0.4) is 0 Å². The Morgan fingerprint density at radius 2 is 1.50 bits per heavy atom. The summed E-state index contributed by atoms with van der Waals surface area (Å²) in [5.41, 5.74) is 2.73. The van der Waals surface area contributed by atoms with E-state index in [1.54, 1.807) is 0 Å². The number of amides is 3. The number of nitrogens with zero attached hydrogens (tertiary/aromatic N) is 2. The number of thiazole rings is 1. The molecule has 0 unspecified atom stereocenters. The molecule has 28 heavy (non-hydrogen) atoms. The predicted molar refractivity (Wildman–Crippen MR) is 108 cm³/mol. The summed E-state index contributed by atoms with van der Waals surface area (Å²) < 4.78 is 0. The normalized spacial score (nSPS) is 13.8. The van der Waals surface area contributed by atoms with Crippen molar-refractivity contribution in [2.75, 3.05) is 11.9 Å². The SMILES string of the molecule is O=C(CN1C(=O)CCC1=O)Nc1nc(-c2ccccc2)c(-c2ccccc2)s1. The van der Waals surface area contributed by atoms with Crippen LogP contribution in [0.1, 0.15) is 12.8 Å². The molecule has 2 heterocycles. The maximum Gasteiger partial charge on any atom is 0.246 e. The van der Waals surface area contributed by atoms with Crippen LogP contribution in [-0.2, 0) is 14.4 Å². The third-order valence-electron chi connectivity index (χ3n) is 4.41. The first-order valence-corrected chi connectivity index (χ1v) is 9.68. The summed E-state index contributed by atoms with van der Waals surface area (Å²) in [4.78, 5) is 42.3. The lowest BCUT2D eigenvalue weighted by Gasteiger charge is -2.12. The van der Waals surface area contributed by atoms with E-state index < -0.39 is 5.91 Å². The Balaban J connectivity index is 1.61. The van der Waals surface area contributed by atoms with Crippen LogP contribution in [0, 0.1) is 0 Å². The molecule has 1 aromatic heterocycles. The highest BCUT2D eigenvalue weighted by Crippen LogP contribution is 2.38. The quantitative estimate of drug-likeness (QED) is 0.675. The van der Waals surface area contributed by atoms with Gasteiger partial charge in [0, 0.05) is 18.4 Å². The Kier molecular flexibility index (Phi) is 4.99. The molecular formula is C21H17N3O3S. The first-order valence-electron chi connectivity index (χ1n) is 8.86. The summed E-state index contributed by atoms with van der Waals surface area (Å²) in [7, 11) is 0. The minimum atomic E-state index is -0.434. The van der Waals surface area contributed by atoms with Crippen LogP contribution in [0.4, 0.5) is 5.13 Å². The third kappa shape index (κ3) is 3.70. The van der Waals surface area contributed by atoms with E-state index in [0.717, 1.165) is 26.6 Å². The number of anilines is 1. The summed E-state index contributed by atoms with van der Waals surface area (Å²) >= 11 is 1.36. The van der Waals surface area contributed by atoms with Crippen molar-refractivity contribution in [1.82, 2.24) is 9.88 Å². The first-order chi connectivity index (χ1) is 13.6. The first kappa shape index (κ1) is 18.1. The van der Waals surface area contributed by atoms with Gasteiger partial charge in [0.05, 0.1) is 10.6 Å². The Morgan fingerprint density at radius 3 is 2.11 bits per heavy atom. The fourth-order valence-electron chi connectivity index (χ4n) is 3.05. The zero-order valence-corrected chi connectivity index (χ0v) is 15.7. The van der Waals surface area contributed by atoms with Gasteiger partial charge in [0.1, 0.15) is 6.54 Å². The molecule has 1 fully saturated rings. The van der Waals surface area contributed by atoms with Gasteiger partial charge in [-0.3, -0.25) is 19.3 Å². The van der Waals surface area contributed by atoms with Gasteiger partial charge in [0.2, 0.25) is 17.7 Å². The molecule has 4 rings (SSSR count). The van der Waals surface area contributed by atoms with E-state index in [0.29, 0.717) is 5.13 Å². The highest BCUT2D eigenvalue weighted by atomic mass is 32.1. The zero-order valence-electron chi connectivity index (χ0n) is 14.9. The molecule has 7 heteroatoms. The molecule has 3 aromatic rings. The van der Waals surface area contributed by atoms with Crippen molar-refractivity contribution in [3.05, 3.63) is 60.7 Å². The Morgan fingerprint density at radius 1 is 0.929 bits per heavy atom. The van der Waals surface area contributed by atoms with Gasteiger partial charge in [-0.05, 0) is 5.56 Å². The monoisotopic (exact) mass is 391 g/mol. The van der Waals surface area contributed by atoms with Crippen LogP contribution in [0.2, 0.25) is 0 Å². The Labute approximate surface area is 165 Å². The van der Waals surface area contributed by atoms with Crippen LogP contribution in [-0.4, -0.2) is 34.2 Å². The maximum atomic E-state index is 12.4. The summed E-state index contributed by atoms with van der Waals surface area (Å²) in [6.45, 7) is -0.279. The molecule has 2 aromatic carbocycles. The molecule has 6 nitrogen and oxygen atoms in total. The molecule has 1 saturated heterocycles. The number of benzene rings is 2. The average molecular weight is 391 g/mol. The number of carbonyl (C=O) groups excluding carboxylic acids is 3. The second-order valence-corrected chi connectivity index (χ2v) is 7.35. The number of aromatic nitrogens is 1. The molecule has 0 radical (unpaired) electrons. The van der Waals surface area contributed by atoms with Crippen molar-refractivity contribution in [1.29, 1.82) is 0 Å². The van der Waals surface area contributed by atoms with E-state index in [-0.39, 0.29) is 31.2 Å². The molecule has 1 N–H and O–H groups in total. The largest absolute Gasteiger partial charge is 0.300 e. The van der Waals surface area contributed by atoms with Gasteiger partial charge in [-0.25, -0.2) is 4.98 Å². The van der Waals surface area contributed by atoms with Gasteiger partial charge in [0.25, 0.3) is 0 Å². The second-order valence-electron chi connectivity index (χ2n) is 6.35. The van der Waals surface area contributed by atoms with E-state index >= 15 is 0 Å². The molecule has 0 aliphatic carbocycles. The van der Waals surface area contributed by atoms with Crippen molar-refractivity contribution < 1.29 is 14.4 Å². The van der Waals surface area contributed by atoms with Crippen LogP contribution < -0.4 is 5.32 Å². The van der Waals surface area contributed by atoms with Gasteiger partial charge in [-0.1, -0.05) is 72.0 Å². The van der Waals surface area contributed by atoms with Crippen molar-refractivity contribution in [3.63, 3.8) is 0 Å². The maximum absolute atomic E-state index is 12.4. The average Bonchev–Trinajstić information content (AvgIpc) is 3.28. The Hall–Kier alpha value is -3.32. The number of hydrogen-bond acceptors (Lipinski definition) is 5. The minimum absolute atomic E-state index is 0.166. The predicted octanol–water partition coefficient (Wildman–Crippen LogP) is 3.56. The summed E-state index contributed by atoms with van der Waals surface area (Å²) in [6, 6.07) is 19.6. The number of imide groups is 1. The zero-order chi connectivity index (χ0) is 19.5. The van der Waals surface area contributed by atoms with Gasteiger partial charge in [-0.2, -0.15) is 0 Å². The number of likely N-dealkylation sites (tertiary alicyclic amines) is 1. The second kappa shape index (κ2) is 7.74. The molecule has 0 atom stereocenters. The number of hydrogen-bond donors (Lipinski definition) is 1. The number of rotatable bonds is 5. The van der Waals surface area contributed by atoms with Crippen molar-refractivity contribution in [2.24, 2.45) is 0 Å². The van der Waals surface area contributed by atoms with Gasteiger partial charge in [-0.15, -0.1) is 0 Å². The Bertz CT molecular complexity index is 959. The van der Waals surface area contributed by atoms with Crippen LogP contribution in [0.15, 0.2) is 60.7 Å². The minimum Gasteiger partial charge on any atom is -0.300 e. The third-order valence-corrected chi connectivity index (χ3v) is 5.43. The fourth-order valence-corrected chi connectivity index (χ4v) is 4.06. The molecule has 0 bridgehead atoms. The highest BCUT2D eigenvalue weighted by Gasteiger charge is 2.30. The van der Waals surface area contributed by atoms with E-state index in [1.807, 2.05) is 60.7 Å². The molecule has 140 valence electrons. The lowest BCUT2D eigenvalue weighted by atomic mass is 10.1. The highest BCUT2D eigenvalue weighted by molar-refractivity contribution is 7.19. The lowest BCUT2D eigenvalue weighted by Crippen LogP contribution is -2.36. The van der Waals surface area contributed by atoms with Crippen LogP contribution >= 0.6 is 11.3 Å². The molecule has 0 spiro atoms. The van der Waals surface area contributed by atoms with Gasteiger partial charge < -0.3 is 5.32 Å². The van der Waals surface area contributed by atoms with E-state index in [1.165, 1.54) is 11.3 Å². The summed E-state index contributed by atoms with van der Waals surface area (Å²) in [6.07, 6.45) is 0.333. The van der Waals surface area contributed by atoms with Crippen molar-refractivity contribution >= 4 is 34.2 Å². The summed E-state index contributed by atoms with van der Waals surface area (Å²) in [5.74, 6) is -1.06. The topological polar surface area (TPSA) is 79.4 Å². The van der Waals surface area contributed by atoms with E-state index in [9.17, 15) is 14.4 Å². The molecule has 0 saturated carbocycles. The number of nitrogens with one attached hydrogen (secondary N) is 1. The van der Waals surface area contributed by atoms with E-state index in [2.05, 4.69) is 10.3 Å². The molecular weight excluding hydrogens is 374 g/mol. The van der Waals surface area contributed by atoms with Gasteiger partial charge >= 0.3 is 0 Å². The molecule has 1 aliphatic heterocycles. The standard InChI is InChI=1S/C21H17N3O3S/c25-16(13-24-17(26)11-12-18(24)27)22-21-23-19(14-7-3-1-4-8-14)20(28-21)15-9-5-2-6-10-15/h1-10H,11-13H2,(H,22,23,25). The molecule has 1 aliphatic rings. The lowest BCUT2D eigenvalue weighted by molar-refractivity contribution is -0.141. The van der Waals surface area contributed by atoms with Crippen LogP contribution in [0.5, 0.6) is 0 Å². The smallest absolute Gasteiger partial charge is 0.246 e. The summed E-state index contributed by atoms with van der Waals surface area (Å²) in [5, 5.41) is 3.16. The fraction of sp³-hybridized carbons (Fsp3) is 0.143.